The molecule has 0 aromatic carbocycles. The first-order valence-corrected chi connectivity index (χ1v) is 5.53. The summed E-state index contributed by atoms with van der Waals surface area (Å²) in [6.07, 6.45) is 4.39. The predicted octanol–water partition coefficient (Wildman–Crippen LogP) is 0.902. The van der Waals surface area contributed by atoms with E-state index in [-0.39, 0.29) is 5.75 Å². The summed E-state index contributed by atoms with van der Waals surface area (Å²) in [5.41, 5.74) is 1.03. The van der Waals surface area contributed by atoms with E-state index < -0.39 is 10.1 Å². The van der Waals surface area contributed by atoms with Crippen LogP contribution in [0.15, 0.2) is 24.5 Å². The highest BCUT2D eigenvalue weighted by molar-refractivity contribution is 7.85. The Morgan fingerprint density at radius 3 is 2.46 bits per heavy atom. The van der Waals surface area contributed by atoms with Gasteiger partial charge in [-0.25, -0.2) is 0 Å². The predicted molar refractivity (Wildman–Crippen MR) is 49.0 cm³/mol. The fourth-order valence-corrected chi connectivity index (χ4v) is 1.52. The summed E-state index contributed by atoms with van der Waals surface area (Å²) in [7, 11) is -3.81. The molecule has 0 saturated heterocycles. The second-order valence-corrected chi connectivity index (χ2v) is 4.32. The minimum atomic E-state index is -3.81. The summed E-state index contributed by atoms with van der Waals surface area (Å²) in [5, 5.41) is 0. The van der Waals surface area contributed by atoms with E-state index in [9.17, 15) is 8.42 Å². The van der Waals surface area contributed by atoms with E-state index >= 15 is 0 Å². The number of aromatic nitrogens is 1. The molecule has 1 aromatic rings. The van der Waals surface area contributed by atoms with Crippen LogP contribution in [-0.2, 0) is 16.5 Å². The van der Waals surface area contributed by atoms with E-state index in [0.29, 0.717) is 12.8 Å². The van der Waals surface area contributed by atoms with Crippen LogP contribution in [0, 0.1) is 0 Å². The van der Waals surface area contributed by atoms with Crippen LogP contribution in [0.25, 0.3) is 0 Å². The Hall–Kier alpha value is -0.940. The minimum Gasteiger partial charge on any atom is -0.286 e. The number of rotatable bonds is 4. The van der Waals surface area contributed by atoms with E-state index in [4.69, 9.17) is 4.55 Å². The molecule has 0 unspecified atom stereocenters. The summed E-state index contributed by atoms with van der Waals surface area (Å²) >= 11 is 0. The van der Waals surface area contributed by atoms with Crippen LogP contribution in [0.2, 0.25) is 0 Å². The van der Waals surface area contributed by atoms with Gasteiger partial charge >= 0.3 is 0 Å². The zero-order valence-corrected chi connectivity index (χ0v) is 7.87. The molecule has 0 aliphatic heterocycles. The first kappa shape index (κ1) is 10.1. The van der Waals surface area contributed by atoms with Gasteiger partial charge in [-0.2, -0.15) is 8.42 Å². The average Bonchev–Trinajstić information content (AvgIpc) is 2.04. The van der Waals surface area contributed by atoms with E-state index in [0.717, 1.165) is 5.56 Å². The number of pyridine rings is 1. The molecule has 0 aliphatic carbocycles. The first-order chi connectivity index (χ1) is 6.08. The molecule has 13 heavy (non-hydrogen) atoms. The minimum absolute atomic E-state index is 0.185. The molecule has 0 bridgehead atoms. The highest BCUT2D eigenvalue weighted by atomic mass is 32.2. The van der Waals surface area contributed by atoms with Crippen molar-refractivity contribution in [2.24, 2.45) is 0 Å². The van der Waals surface area contributed by atoms with Gasteiger partial charge in [0.1, 0.15) is 0 Å². The normalized spacial score (nSPS) is 11.5. The van der Waals surface area contributed by atoms with Gasteiger partial charge in [0.15, 0.2) is 0 Å². The van der Waals surface area contributed by atoms with Gasteiger partial charge in [0, 0.05) is 12.4 Å². The number of nitrogens with zero attached hydrogens (tertiary/aromatic N) is 1. The van der Waals surface area contributed by atoms with Gasteiger partial charge in [0.25, 0.3) is 10.1 Å². The molecule has 0 atom stereocenters. The lowest BCUT2D eigenvalue weighted by Crippen LogP contribution is -2.04. The summed E-state index contributed by atoms with van der Waals surface area (Å²) in [6.45, 7) is 0. The average molecular weight is 201 g/mol. The summed E-state index contributed by atoms with van der Waals surface area (Å²) < 4.78 is 29.2. The summed E-state index contributed by atoms with van der Waals surface area (Å²) in [6, 6.07) is 3.65. The molecule has 1 heterocycles. The molecule has 1 N–H and O–H groups in total. The number of hydrogen-bond donors (Lipinski definition) is 1. The molecule has 1 rings (SSSR count). The molecule has 0 spiro atoms. The van der Waals surface area contributed by atoms with Crippen LogP contribution in [0.3, 0.4) is 0 Å². The van der Waals surface area contributed by atoms with Gasteiger partial charge in [0.05, 0.1) is 5.75 Å². The van der Waals surface area contributed by atoms with Gasteiger partial charge in [-0.1, -0.05) is 0 Å². The molecule has 0 amide bonds. The molecule has 0 aliphatic rings. The van der Waals surface area contributed by atoms with Crippen LogP contribution >= 0.6 is 0 Å². The zero-order valence-electron chi connectivity index (χ0n) is 7.05. The number of hydrogen-bond acceptors (Lipinski definition) is 3. The molecule has 5 heteroatoms. The third kappa shape index (κ3) is 4.59. The van der Waals surface area contributed by atoms with Crippen molar-refractivity contribution < 1.29 is 13.0 Å². The molecule has 1 aromatic heterocycles. The third-order valence-electron chi connectivity index (χ3n) is 1.62. The van der Waals surface area contributed by atoms with Crippen molar-refractivity contribution in [2.45, 2.75) is 12.8 Å². The fourth-order valence-electron chi connectivity index (χ4n) is 1.01. The number of aryl methyl sites for hydroxylation is 1. The van der Waals surface area contributed by atoms with Crippen LogP contribution in [0.1, 0.15) is 12.0 Å². The molecular weight excluding hydrogens is 190 g/mol. The maximum atomic E-state index is 10.4. The van der Waals surface area contributed by atoms with Crippen LogP contribution in [-0.4, -0.2) is 23.7 Å². The van der Waals surface area contributed by atoms with Gasteiger partial charge in [0.2, 0.25) is 0 Å². The zero-order chi connectivity index (χ0) is 9.73. The third-order valence-corrected chi connectivity index (χ3v) is 2.42. The molecular formula is C8H11NO3S. The SMILES string of the molecule is O=S(=O)(O)CCCc1ccncc1. The molecule has 4 nitrogen and oxygen atoms in total. The van der Waals surface area contributed by atoms with Crippen molar-refractivity contribution >= 4 is 10.1 Å². The largest absolute Gasteiger partial charge is 0.286 e. The second-order valence-electron chi connectivity index (χ2n) is 2.75. The van der Waals surface area contributed by atoms with Gasteiger partial charge in [-0.3, -0.25) is 9.54 Å². The summed E-state index contributed by atoms with van der Waals surface area (Å²) in [4.78, 5) is 3.83. The van der Waals surface area contributed by atoms with Crippen LogP contribution in [0.4, 0.5) is 0 Å². The van der Waals surface area contributed by atoms with Crippen LogP contribution < -0.4 is 0 Å². The van der Waals surface area contributed by atoms with Crippen molar-refractivity contribution in [3.05, 3.63) is 30.1 Å². The van der Waals surface area contributed by atoms with Crippen molar-refractivity contribution in [1.82, 2.24) is 4.98 Å². The van der Waals surface area contributed by atoms with Crippen molar-refractivity contribution in [3.63, 3.8) is 0 Å². The Bertz CT molecular complexity index is 347. The molecule has 0 saturated carbocycles. The van der Waals surface area contributed by atoms with Gasteiger partial charge in [-0.05, 0) is 30.5 Å². The Kier molecular flexibility index (Phi) is 3.39. The Labute approximate surface area is 77.4 Å². The van der Waals surface area contributed by atoms with Crippen molar-refractivity contribution in [1.29, 1.82) is 0 Å². The maximum Gasteiger partial charge on any atom is 0.264 e. The molecule has 0 fully saturated rings. The maximum absolute atomic E-state index is 10.4. The summed E-state index contributed by atoms with van der Waals surface area (Å²) in [5.74, 6) is -0.185. The highest BCUT2D eigenvalue weighted by Gasteiger charge is 2.03. The Morgan fingerprint density at radius 2 is 1.92 bits per heavy atom. The first-order valence-electron chi connectivity index (χ1n) is 3.92. The van der Waals surface area contributed by atoms with Gasteiger partial charge in [-0.15, -0.1) is 0 Å². The van der Waals surface area contributed by atoms with E-state index in [1.54, 1.807) is 12.4 Å². The topological polar surface area (TPSA) is 67.3 Å². The van der Waals surface area contributed by atoms with Crippen molar-refractivity contribution in [3.8, 4) is 0 Å². The fraction of sp³-hybridized carbons (Fsp3) is 0.375. The quantitative estimate of drug-likeness (QED) is 0.735. The smallest absolute Gasteiger partial charge is 0.264 e. The second kappa shape index (κ2) is 4.34. The highest BCUT2D eigenvalue weighted by Crippen LogP contribution is 2.01. The monoisotopic (exact) mass is 201 g/mol. The lowest BCUT2D eigenvalue weighted by atomic mass is 10.2. The lowest BCUT2D eigenvalue weighted by molar-refractivity contribution is 0.481. The van der Waals surface area contributed by atoms with E-state index in [1.165, 1.54) is 0 Å². The standard InChI is InChI=1S/C8H11NO3S/c10-13(11,12)7-1-2-8-3-5-9-6-4-8/h3-6H,1-2,7H2,(H,10,11,12). The molecule has 0 radical (unpaired) electrons. The van der Waals surface area contributed by atoms with E-state index in [1.807, 2.05) is 12.1 Å². The van der Waals surface area contributed by atoms with E-state index in [2.05, 4.69) is 4.98 Å². The van der Waals surface area contributed by atoms with Gasteiger partial charge < -0.3 is 0 Å². The Morgan fingerprint density at radius 1 is 1.31 bits per heavy atom. The lowest BCUT2D eigenvalue weighted by Gasteiger charge is -1.98. The van der Waals surface area contributed by atoms with Crippen molar-refractivity contribution in [2.75, 3.05) is 5.75 Å². The Balaban J connectivity index is 2.37. The van der Waals surface area contributed by atoms with Crippen LogP contribution in [0.5, 0.6) is 0 Å². The molecule has 72 valence electrons.